The van der Waals surface area contributed by atoms with E-state index in [0.717, 1.165) is 36.8 Å². The summed E-state index contributed by atoms with van der Waals surface area (Å²) in [6.45, 7) is 1.56. The maximum absolute atomic E-state index is 12.6. The molecule has 0 spiro atoms. The van der Waals surface area contributed by atoms with E-state index in [1.165, 1.54) is 43.2 Å². The predicted octanol–water partition coefficient (Wildman–Crippen LogP) is 5.32. The zero-order valence-electron chi connectivity index (χ0n) is 15.6. The van der Waals surface area contributed by atoms with E-state index in [2.05, 4.69) is 47.5 Å². The third-order valence-corrected chi connectivity index (χ3v) is 6.13. The molecule has 2 atom stereocenters. The molecule has 1 saturated carbocycles. The smallest absolute Gasteiger partial charge is 0.182 e. The molecule has 4 rings (SSSR count). The van der Waals surface area contributed by atoms with Crippen LogP contribution in [0.1, 0.15) is 54.4 Å². The largest absolute Gasteiger partial charge is 0.370 e. The molecule has 0 aromatic heterocycles. The molecule has 2 nitrogen and oxygen atoms in total. The van der Waals surface area contributed by atoms with E-state index in [-0.39, 0.29) is 5.78 Å². The molecule has 0 amide bonds. The zero-order valence-corrected chi connectivity index (χ0v) is 15.6. The van der Waals surface area contributed by atoms with Crippen molar-refractivity contribution >= 4 is 5.78 Å². The quantitative estimate of drug-likeness (QED) is 0.649. The average Bonchev–Trinajstić information content (AvgIpc) is 3.15. The highest BCUT2D eigenvalue weighted by atomic mass is 16.1. The van der Waals surface area contributed by atoms with Crippen molar-refractivity contribution < 1.29 is 4.79 Å². The molecule has 1 aliphatic heterocycles. The van der Waals surface area contributed by atoms with Crippen molar-refractivity contribution in [3.05, 3.63) is 71.5 Å². The first-order valence-corrected chi connectivity index (χ1v) is 10.2. The lowest BCUT2D eigenvalue weighted by atomic mass is 9.92. The summed E-state index contributed by atoms with van der Waals surface area (Å²) in [4.78, 5) is 14.8. The number of rotatable bonds is 6. The Morgan fingerprint density at radius 2 is 1.96 bits per heavy atom. The van der Waals surface area contributed by atoms with Crippen molar-refractivity contribution in [2.24, 2.45) is 11.8 Å². The van der Waals surface area contributed by atoms with Crippen molar-refractivity contribution in [1.82, 2.24) is 4.90 Å². The maximum atomic E-state index is 12.6. The molecule has 3 aliphatic rings. The zero-order chi connectivity index (χ0) is 17.8. The lowest BCUT2D eigenvalue weighted by Crippen LogP contribution is -2.34. The Morgan fingerprint density at radius 1 is 1.08 bits per heavy atom. The SMILES string of the molecule is O=C(CN1C=CC2CCCC2C1)c1ccc(CCC2=CCCC=C2)cc1. The molecule has 1 aromatic carbocycles. The topological polar surface area (TPSA) is 20.3 Å². The van der Waals surface area contributed by atoms with Crippen LogP contribution in [-0.4, -0.2) is 23.8 Å². The van der Waals surface area contributed by atoms with Crippen LogP contribution in [0, 0.1) is 11.8 Å². The van der Waals surface area contributed by atoms with Crippen LogP contribution in [0.15, 0.2) is 60.3 Å². The van der Waals surface area contributed by atoms with Gasteiger partial charge in [0.15, 0.2) is 5.78 Å². The lowest BCUT2D eigenvalue weighted by molar-refractivity contribution is 0.0941. The number of hydrogen-bond acceptors (Lipinski definition) is 2. The van der Waals surface area contributed by atoms with Crippen LogP contribution in [-0.2, 0) is 6.42 Å². The summed E-state index contributed by atoms with van der Waals surface area (Å²) in [6, 6.07) is 8.27. The van der Waals surface area contributed by atoms with Crippen LogP contribution in [0.2, 0.25) is 0 Å². The number of nitrogens with zero attached hydrogens (tertiary/aromatic N) is 1. The van der Waals surface area contributed by atoms with Gasteiger partial charge in [-0.25, -0.2) is 0 Å². The molecule has 1 heterocycles. The van der Waals surface area contributed by atoms with Gasteiger partial charge in [0.25, 0.3) is 0 Å². The van der Waals surface area contributed by atoms with Crippen LogP contribution in [0.25, 0.3) is 0 Å². The summed E-state index contributed by atoms with van der Waals surface area (Å²) >= 11 is 0. The first-order valence-electron chi connectivity index (χ1n) is 10.2. The summed E-state index contributed by atoms with van der Waals surface area (Å²) < 4.78 is 0. The van der Waals surface area contributed by atoms with Gasteiger partial charge in [-0.1, -0.05) is 60.6 Å². The van der Waals surface area contributed by atoms with Crippen molar-refractivity contribution in [3.8, 4) is 0 Å². The number of carbonyl (C=O) groups is 1. The summed E-state index contributed by atoms with van der Waals surface area (Å²) in [5.74, 6) is 1.75. The molecule has 26 heavy (non-hydrogen) atoms. The third kappa shape index (κ3) is 4.17. The van der Waals surface area contributed by atoms with E-state index in [1.807, 2.05) is 12.1 Å². The Hall–Kier alpha value is -2.09. The summed E-state index contributed by atoms with van der Waals surface area (Å²) in [5.41, 5.74) is 3.60. The number of Topliss-reactive ketones (excluding diaryl/α,β-unsaturated/α-hetero) is 1. The Balaban J connectivity index is 1.30. The van der Waals surface area contributed by atoms with E-state index in [0.29, 0.717) is 6.54 Å². The molecular weight excluding hydrogens is 318 g/mol. The van der Waals surface area contributed by atoms with Gasteiger partial charge in [0.2, 0.25) is 0 Å². The standard InChI is InChI=1S/C24H29NO/c26-24(18-25-16-15-21-7-4-8-23(21)17-25)22-13-11-20(12-14-22)10-9-19-5-2-1-3-6-19/h2,5-6,11-16,21,23H,1,3-4,7-10,17-18H2. The fourth-order valence-corrected chi connectivity index (χ4v) is 4.53. The van der Waals surface area contributed by atoms with Crippen LogP contribution in [0.4, 0.5) is 0 Å². The minimum atomic E-state index is 0.232. The summed E-state index contributed by atoms with van der Waals surface area (Å²) in [7, 11) is 0. The van der Waals surface area contributed by atoms with Gasteiger partial charge in [0.05, 0.1) is 6.54 Å². The highest BCUT2D eigenvalue weighted by Crippen LogP contribution is 2.35. The minimum absolute atomic E-state index is 0.232. The van der Waals surface area contributed by atoms with Crippen molar-refractivity contribution in [1.29, 1.82) is 0 Å². The molecular formula is C24H29NO. The first-order chi connectivity index (χ1) is 12.8. The Morgan fingerprint density at radius 3 is 2.77 bits per heavy atom. The molecule has 1 aromatic rings. The fourth-order valence-electron chi connectivity index (χ4n) is 4.53. The molecule has 136 valence electrons. The Bertz CT molecular complexity index is 725. The molecule has 0 N–H and O–H groups in total. The van der Waals surface area contributed by atoms with Gasteiger partial charge < -0.3 is 4.90 Å². The highest BCUT2D eigenvalue weighted by Gasteiger charge is 2.29. The molecule has 0 saturated heterocycles. The number of hydrogen-bond donors (Lipinski definition) is 0. The van der Waals surface area contributed by atoms with E-state index >= 15 is 0 Å². The van der Waals surface area contributed by atoms with Crippen LogP contribution in [0.3, 0.4) is 0 Å². The van der Waals surface area contributed by atoms with Crippen molar-refractivity contribution in [2.75, 3.05) is 13.1 Å². The second-order valence-electron chi connectivity index (χ2n) is 8.00. The van der Waals surface area contributed by atoms with E-state index in [4.69, 9.17) is 0 Å². The van der Waals surface area contributed by atoms with E-state index < -0.39 is 0 Å². The van der Waals surface area contributed by atoms with Gasteiger partial charge >= 0.3 is 0 Å². The summed E-state index contributed by atoms with van der Waals surface area (Å²) in [5, 5.41) is 0. The number of aryl methyl sites for hydroxylation is 1. The fraction of sp³-hybridized carbons (Fsp3) is 0.458. The number of benzene rings is 1. The number of fused-ring (bicyclic) bond motifs is 1. The number of ketones is 1. The molecule has 0 radical (unpaired) electrons. The average molecular weight is 348 g/mol. The Labute approximate surface area is 157 Å². The number of carbonyl (C=O) groups excluding carboxylic acids is 1. The minimum Gasteiger partial charge on any atom is -0.370 e. The van der Waals surface area contributed by atoms with Gasteiger partial charge in [-0.15, -0.1) is 0 Å². The van der Waals surface area contributed by atoms with Crippen molar-refractivity contribution in [2.45, 2.75) is 44.9 Å². The summed E-state index contributed by atoms with van der Waals surface area (Å²) in [6.07, 6.45) is 19.8. The molecule has 2 aliphatic carbocycles. The van der Waals surface area contributed by atoms with E-state index in [9.17, 15) is 4.79 Å². The Kier molecular flexibility index (Phi) is 5.38. The van der Waals surface area contributed by atoms with Gasteiger partial charge in [-0.05, 0) is 62.1 Å². The molecule has 1 fully saturated rings. The highest BCUT2D eigenvalue weighted by molar-refractivity contribution is 5.97. The maximum Gasteiger partial charge on any atom is 0.182 e. The van der Waals surface area contributed by atoms with Gasteiger partial charge in [-0.3, -0.25) is 4.79 Å². The normalized spacial score (nSPS) is 24.5. The van der Waals surface area contributed by atoms with Crippen LogP contribution in [0.5, 0.6) is 0 Å². The monoisotopic (exact) mass is 347 g/mol. The lowest BCUT2D eigenvalue weighted by Gasteiger charge is -2.30. The molecule has 2 unspecified atom stereocenters. The molecule has 0 bridgehead atoms. The second kappa shape index (κ2) is 8.07. The predicted molar refractivity (Wildman–Crippen MR) is 107 cm³/mol. The molecule has 2 heteroatoms. The van der Waals surface area contributed by atoms with Gasteiger partial charge in [0.1, 0.15) is 0 Å². The van der Waals surface area contributed by atoms with Gasteiger partial charge in [0, 0.05) is 12.1 Å². The van der Waals surface area contributed by atoms with Crippen LogP contribution < -0.4 is 0 Å². The van der Waals surface area contributed by atoms with Crippen molar-refractivity contribution in [3.63, 3.8) is 0 Å². The number of allylic oxidation sites excluding steroid dienone is 5. The van der Waals surface area contributed by atoms with Crippen LogP contribution >= 0.6 is 0 Å². The first kappa shape index (κ1) is 17.3. The second-order valence-corrected chi connectivity index (χ2v) is 8.00. The van der Waals surface area contributed by atoms with Gasteiger partial charge in [-0.2, -0.15) is 0 Å². The third-order valence-electron chi connectivity index (χ3n) is 6.13. The van der Waals surface area contributed by atoms with E-state index in [1.54, 1.807) is 0 Å².